The quantitative estimate of drug-likeness (QED) is 0.675. The molecule has 70 valence electrons. The summed E-state index contributed by atoms with van der Waals surface area (Å²) in [6.45, 7) is 3.52. The predicted octanol–water partition coefficient (Wildman–Crippen LogP) is 2.58. The van der Waals surface area contributed by atoms with Gasteiger partial charge in [0, 0.05) is 11.6 Å². The Kier molecular flexibility index (Phi) is 2.14. The predicted molar refractivity (Wildman–Crippen MR) is 57.5 cm³/mol. The van der Waals surface area contributed by atoms with Crippen LogP contribution >= 0.6 is 0 Å². The summed E-state index contributed by atoms with van der Waals surface area (Å²) in [7, 11) is 1.64. The van der Waals surface area contributed by atoms with Crippen molar-refractivity contribution < 1.29 is 4.74 Å². The number of hydrogen-bond acceptors (Lipinski definition) is 3. The highest BCUT2D eigenvalue weighted by atomic mass is 16.5. The number of rotatable bonds is 2. The second kappa shape index (κ2) is 3.46. The molecule has 0 aliphatic rings. The molecule has 0 aliphatic carbocycles. The van der Waals surface area contributed by atoms with E-state index in [0.29, 0.717) is 0 Å². The first-order chi connectivity index (χ1) is 6.85. The zero-order chi connectivity index (χ0) is 9.97. The van der Waals surface area contributed by atoms with Gasteiger partial charge in [0.1, 0.15) is 5.75 Å². The molecule has 0 bridgehead atoms. The summed E-state index contributed by atoms with van der Waals surface area (Å²) in [6.07, 6.45) is 1.72. The molecule has 0 saturated carbocycles. The molecular formula is C11H10N2O. The molecule has 0 atom stereocenters. The normalized spacial score (nSPS) is 10.1. The summed E-state index contributed by atoms with van der Waals surface area (Å²) in [5.74, 6) is 0.801. The van der Waals surface area contributed by atoms with E-state index in [-0.39, 0.29) is 0 Å². The van der Waals surface area contributed by atoms with Crippen molar-refractivity contribution in [3.63, 3.8) is 0 Å². The van der Waals surface area contributed by atoms with E-state index in [0.717, 1.165) is 22.3 Å². The number of benzene rings is 1. The van der Waals surface area contributed by atoms with Crippen LogP contribution in [-0.2, 0) is 0 Å². The van der Waals surface area contributed by atoms with Gasteiger partial charge in [-0.15, -0.1) is 0 Å². The van der Waals surface area contributed by atoms with Gasteiger partial charge in [-0.25, -0.2) is 0 Å². The van der Waals surface area contributed by atoms with Gasteiger partial charge in [0.05, 0.1) is 18.3 Å². The van der Waals surface area contributed by atoms with Crippen LogP contribution < -0.4 is 4.74 Å². The van der Waals surface area contributed by atoms with Gasteiger partial charge in [0.25, 0.3) is 0 Å². The largest absolute Gasteiger partial charge is 0.497 e. The zero-order valence-corrected chi connectivity index (χ0v) is 7.90. The van der Waals surface area contributed by atoms with Crippen molar-refractivity contribution in [3.05, 3.63) is 30.5 Å². The fourth-order valence-corrected chi connectivity index (χ4v) is 1.38. The molecule has 0 saturated heterocycles. The van der Waals surface area contributed by atoms with Gasteiger partial charge >= 0.3 is 0 Å². The van der Waals surface area contributed by atoms with Gasteiger partial charge < -0.3 is 4.74 Å². The molecule has 3 heteroatoms. The van der Waals surface area contributed by atoms with E-state index < -0.39 is 0 Å². The SMILES string of the molecule is C=Nc1ccnc2ccc(OC)cc12. The van der Waals surface area contributed by atoms with Gasteiger partial charge in [-0.1, -0.05) is 0 Å². The maximum atomic E-state index is 5.13. The second-order valence-corrected chi connectivity index (χ2v) is 2.87. The zero-order valence-electron chi connectivity index (χ0n) is 7.90. The smallest absolute Gasteiger partial charge is 0.119 e. The molecule has 1 aromatic heterocycles. The lowest BCUT2D eigenvalue weighted by Gasteiger charge is -2.03. The monoisotopic (exact) mass is 186 g/mol. The van der Waals surface area contributed by atoms with Crippen molar-refractivity contribution in [2.24, 2.45) is 4.99 Å². The van der Waals surface area contributed by atoms with E-state index in [1.165, 1.54) is 0 Å². The molecule has 2 rings (SSSR count). The van der Waals surface area contributed by atoms with Crippen LogP contribution in [0.5, 0.6) is 5.75 Å². The van der Waals surface area contributed by atoms with Crippen LogP contribution in [-0.4, -0.2) is 18.8 Å². The molecular weight excluding hydrogens is 176 g/mol. The van der Waals surface area contributed by atoms with Crippen LogP contribution in [0.1, 0.15) is 0 Å². The molecule has 2 aromatic rings. The van der Waals surface area contributed by atoms with Crippen molar-refractivity contribution in [3.8, 4) is 5.75 Å². The highest BCUT2D eigenvalue weighted by molar-refractivity contribution is 5.91. The molecule has 0 unspecified atom stereocenters. The van der Waals surface area contributed by atoms with Gasteiger partial charge in [0.2, 0.25) is 0 Å². The molecule has 0 aliphatic heterocycles. The highest BCUT2D eigenvalue weighted by Gasteiger charge is 2.01. The number of nitrogens with zero attached hydrogens (tertiary/aromatic N) is 2. The van der Waals surface area contributed by atoms with E-state index >= 15 is 0 Å². The summed E-state index contributed by atoms with van der Waals surface area (Å²) in [5, 5.41) is 0.960. The lowest BCUT2D eigenvalue weighted by molar-refractivity contribution is 0.415. The maximum absolute atomic E-state index is 5.13. The highest BCUT2D eigenvalue weighted by Crippen LogP contribution is 2.27. The van der Waals surface area contributed by atoms with Crippen LogP contribution in [0.3, 0.4) is 0 Å². The average molecular weight is 186 g/mol. The molecule has 1 heterocycles. The summed E-state index contributed by atoms with van der Waals surface area (Å²) in [5.41, 5.74) is 1.73. The molecule has 0 radical (unpaired) electrons. The number of aliphatic imine (C=N–C) groups is 1. The Morgan fingerprint density at radius 1 is 1.36 bits per heavy atom. The first-order valence-electron chi connectivity index (χ1n) is 4.24. The lowest BCUT2D eigenvalue weighted by Crippen LogP contribution is -1.84. The third-order valence-electron chi connectivity index (χ3n) is 2.10. The van der Waals surface area contributed by atoms with E-state index in [2.05, 4.69) is 16.7 Å². The Morgan fingerprint density at radius 2 is 2.21 bits per heavy atom. The number of hydrogen-bond donors (Lipinski definition) is 0. The minimum atomic E-state index is 0.801. The number of fused-ring (bicyclic) bond motifs is 1. The van der Waals surface area contributed by atoms with Gasteiger partial charge in [-0.3, -0.25) is 9.98 Å². The summed E-state index contributed by atoms with van der Waals surface area (Å²) >= 11 is 0. The molecule has 0 spiro atoms. The number of aromatic nitrogens is 1. The molecule has 3 nitrogen and oxygen atoms in total. The van der Waals surface area contributed by atoms with E-state index in [4.69, 9.17) is 4.74 Å². The van der Waals surface area contributed by atoms with Crippen LogP contribution in [0.4, 0.5) is 5.69 Å². The summed E-state index contributed by atoms with van der Waals surface area (Å²) < 4.78 is 5.13. The van der Waals surface area contributed by atoms with Crippen molar-refractivity contribution in [2.45, 2.75) is 0 Å². The fourth-order valence-electron chi connectivity index (χ4n) is 1.38. The number of methoxy groups -OCH3 is 1. The number of pyridine rings is 1. The first kappa shape index (κ1) is 8.69. The lowest BCUT2D eigenvalue weighted by atomic mass is 10.2. The minimum absolute atomic E-state index is 0.801. The molecule has 1 aromatic carbocycles. The third-order valence-corrected chi connectivity index (χ3v) is 2.10. The van der Waals surface area contributed by atoms with Gasteiger partial charge in [0.15, 0.2) is 0 Å². The van der Waals surface area contributed by atoms with Crippen molar-refractivity contribution in [2.75, 3.05) is 7.11 Å². The summed E-state index contributed by atoms with van der Waals surface area (Å²) in [4.78, 5) is 8.15. The van der Waals surface area contributed by atoms with Crippen LogP contribution in [0.15, 0.2) is 35.5 Å². The van der Waals surface area contributed by atoms with E-state index in [1.807, 2.05) is 24.3 Å². The van der Waals surface area contributed by atoms with Crippen molar-refractivity contribution in [1.82, 2.24) is 4.98 Å². The standard InChI is InChI=1S/C11H10N2O/c1-12-10-5-6-13-11-4-3-8(14-2)7-9(10)11/h3-7H,1H2,2H3. The molecule has 0 fully saturated rings. The second-order valence-electron chi connectivity index (χ2n) is 2.87. The molecule has 0 N–H and O–H groups in total. The third kappa shape index (κ3) is 1.33. The topological polar surface area (TPSA) is 34.5 Å². The Bertz CT molecular complexity index is 480. The van der Waals surface area contributed by atoms with Crippen LogP contribution in [0.25, 0.3) is 10.9 Å². The fraction of sp³-hybridized carbons (Fsp3) is 0.0909. The summed E-state index contributed by atoms with van der Waals surface area (Å²) in [6, 6.07) is 7.52. The average Bonchev–Trinajstić information content (AvgIpc) is 2.27. The minimum Gasteiger partial charge on any atom is -0.497 e. The van der Waals surface area contributed by atoms with Gasteiger partial charge in [-0.05, 0) is 31.0 Å². The van der Waals surface area contributed by atoms with Crippen LogP contribution in [0, 0.1) is 0 Å². The Labute approximate surface area is 82.1 Å². The molecule has 14 heavy (non-hydrogen) atoms. The van der Waals surface area contributed by atoms with Crippen molar-refractivity contribution in [1.29, 1.82) is 0 Å². The first-order valence-corrected chi connectivity index (χ1v) is 4.24. The molecule has 0 amide bonds. The Morgan fingerprint density at radius 3 is 2.93 bits per heavy atom. The Hall–Kier alpha value is -1.90. The van der Waals surface area contributed by atoms with Crippen molar-refractivity contribution >= 4 is 23.3 Å². The Balaban J connectivity index is 2.76. The number of ether oxygens (including phenoxy) is 1. The maximum Gasteiger partial charge on any atom is 0.119 e. The van der Waals surface area contributed by atoms with E-state index in [9.17, 15) is 0 Å². The van der Waals surface area contributed by atoms with Crippen LogP contribution in [0.2, 0.25) is 0 Å². The van der Waals surface area contributed by atoms with E-state index in [1.54, 1.807) is 13.3 Å². The van der Waals surface area contributed by atoms with Gasteiger partial charge in [-0.2, -0.15) is 0 Å².